The average molecular weight is 246 g/mol. The highest BCUT2D eigenvalue weighted by molar-refractivity contribution is 7.64. The molecule has 0 saturated carbocycles. The first kappa shape index (κ1) is 11.2. The summed E-state index contributed by atoms with van der Waals surface area (Å²) in [6.45, 7) is 0.721. The fraction of sp³-hybridized carbons (Fsp3) is 0.400. The number of ether oxygens (including phenoxy) is 1. The highest BCUT2D eigenvalue weighted by Gasteiger charge is 2.23. The van der Waals surface area contributed by atoms with Crippen LogP contribution in [0.25, 0.3) is 0 Å². The van der Waals surface area contributed by atoms with Crippen LogP contribution in [0, 0.1) is 0 Å². The van der Waals surface area contributed by atoms with E-state index in [4.69, 9.17) is 21.4 Å². The van der Waals surface area contributed by atoms with E-state index >= 15 is 0 Å². The second-order valence-electron chi connectivity index (χ2n) is 3.23. The lowest BCUT2D eigenvalue weighted by Crippen LogP contribution is -2.22. The monoisotopic (exact) mass is 245 g/mol. The Labute approximate surface area is 95.8 Å². The van der Waals surface area contributed by atoms with Gasteiger partial charge < -0.3 is 4.74 Å². The van der Waals surface area contributed by atoms with Crippen LogP contribution < -0.4 is 10.0 Å². The van der Waals surface area contributed by atoms with Gasteiger partial charge in [0.1, 0.15) is 5.75 Å². The first-order chi connectivity index (χ1) is 7.31. The highest BCUT2D eigenvalue weighted by atomic mass is 35.5. The molecule has 1 aliphatic rings. The summed E-state index contributed by atoms with van der Waals surface area (Å²) < 4.78 is 6.60. The average Bonchev–Trinajstić information content (AvgIpc) is 2.30. The molecule has 1 saturated heterocycles. The lowest BCUT2D eigenvalue weighted by atomic mass is 10.3. The predicted molar refractivity (Wildman–Crippen MR) is 62.7 cm³/mol. The Morgan fingerprint density at radius 2 is 2.13 bits per heavy atom. The number of halogens is 1. The Morgan fingerprint density at radius 1 is 1.40 bits per heavy atom. The summed E-state index contributed by atoms with van der Waals surface area (Å²) in [4.78, 5) is 5.30. The number of methoxy groups -OCH3 is 1. The van der Waals surface area contributed by atoms with Crippen LogP contribution in [0.15, 0.2) is 24.3 Å². The van der Waals surface area contributed by atoms with Gasteiger partial charge in [0, 0.05) is 19.8 Å². The third-order valence-corrected chi connectivity index (χ3v) is 5.05. The minimum atomic E-state index is -0.524. The predicted octanol–water partition coefficient (Wildman–Crippen LogP) is 2.51. The van der Waals surface area contributed by atoms with Crippen molar-refractivity contribution in [1.82, 2.24) is 4.35 Å². The van der Waals surface area contributed by atoms with E-state index < -0.39 is 8.07 Å². The molecule has 1 heterocycles. The third-order valence-electron chi connectivity index (χ3n) is 2.27. The summed E-state index contributed by atoms with van der Waals surface area (Å²) in [6, 6.07) is 8.01. The second kappa shape index (κ2) is 5.13. The van der Waals surface area contributed by atoms with Crippen molar-refractivity contribution in [2.24, 2.45) is 0 Å². The summed E-state index contributed by atoms with van der Waals surface area (Å²) in [6.07, 6.45) is 2.16. The zero-order valence-electron chi connectivity index (χ0n) is 8.52. The van der Waals surface area contributed by atoms with Crippen LogP contribution in [-0.4, -0.2) is 24.2 Å². The molecule has 2 rings (SSSR count). The van der Waals surface area contributed by atoms with E-state index in [1.165, 1.54) is 9.66 Å². The van der Waals surface area contributed by atoms with Gasteiger partial charge in [-0.15, -0.1) is 0 Å². The van der Waals surface area contributed by atoms with Crippen LogP contribution in [0.5, 0.6) is 5.75 Å². The normalized spacial score (nSPS) is 22.7. The number of nitrogens with zero attached hydrogens (tertiary/aromatic N) is 1. The van der Waals surface area contributed by atoms with Crippen LogP contribution in [-0.2, 0) is 4.84 Å². The topological polar surface area (TPSA) is 21.7 Å². The maximum Gasteiger partial charge on any atom is 0.118 e. The molecule has 0 aromatic heterocycles. The minimum Gasteiger partial charge on any atom is -0.497 e. The second-order valence-corrected chi connectivity index (χ2v) is 5.90. The van der Waals surface area contributed by atoms with Crippen molar-refractivity contribution in [1.29, 1.82) is 0 Å². The molecular formula is C10H13ClNO2P. The van der Waals surface area contributed by atoms with E-state index in [0.717, 1.165) is 24.9 Å². The van der Waals surface area contributed by atoms with Gasteiger partial charge in [0.15, 0.2) is 0 Å². The van der Waals surface area contributed by atoms with Crippen molar-refractivity contribution in [3.63, 3.8) is 0 Å². The molecule has 1 aromatic carbocycles. The quantitative estimate of drug-likeness (QED) is 0.590. The molecular weight excluding hydrogens is 233 g/mol. The number of hydrogen-bond donors (Lipinski definition) is 0. The van der Waals surface area contributed by atoms with Gasteiger partial charge in [-0.2, -0.15) is 0 Å². The Kier molecular flexibility index (Phi) is 3.81. The standard InChI is InChI=1S/C10H13ClNO2P/c1-13-9-3-5-10(6-4-9)15-8-2-7-14-12(15)11/h3-6H,2,7-8H2,1H3. The summed E-state index contributed by atoms with van der Waals surface area (Å²) in [5, 5.41) is 1.22. The molecule has 0 radical (unpaired) electrons. The summed E-state index contributed by atoms with van der Waals surface area (Å²) in [5.41, 5.74) is 0. The van der Waals surface area contributed by atoms with Crippen LogP contribution in [0.4, 0.5) is 0 Å². The van der Waals surface area contributed by atoms with Gasteiger partial charge in [0.25, 0.3) is 0 Å². The van der Waals surface area contributed by atoms with Gasteiger partial charge in [0.2, 0.25) is 0 Å². The van der Waals surface area contributed by atoms with Gasteiger partial charge in [-0.05, 0) is 42.2 Å². The molecule has 3 nitrogen and oxygen atoms in total. The fourth-order valence-corrected chi connectivity index (χ4v) is 3.77. The molecule has 1 atom stereocenters. The molecule has 1 aromatic rings. The van der Waals surface area contributed by atoms with Crippen molar-refractivity contribution in [2.45, 2.75) is 6.42 Å². The van der Waals surface area contributed by atoms with Crippen molar-refractivity contribution >= 4 is 25.2 Å². The summed E-state index contributed by atoms with van der Waals surface area (Å²) in [7, 11) is 1.14. The molecule has 5 heteroatoms. The van der Waals surface area contributed by atoms with E-state index in [-0.39, 0.29) is 0 Å². The van der Waals surface area contributed by atoms with E-state index in [2.05, 4.69) is 12.1 Å². The molecule has 15 heavy (non-hydrogen) atoms. The Bertz CT molecular complexity index is 320. The molecule has 0 N–H and O–H groups in total. The highest BCUT2D eigenvalue weighted by Crippen LogP contribution is 2.44. The molecule has 1 fully saturated rings. The van der Waals surface area contributed by atoms with E-state index in [9.17, 15) is 0 Å². The molecule has 1 unspecified atom stereocenters. The van der Waals surface area contributed by atoms with Crippen LogP contribution in [0.2, 0.25) is 0 Å². The molecule has 0 aliphatic carbocycles. The van der Waals surface area contributed by atoms with Gasteiger partial charge in [0.05, 0.1) is 13.7 Å². The van der Waals surface area contributed by atoms with E-state index in [0.29, 0.717) is 0 Å². The van der Waals surface area contributed by atoms with Crippen molar-refractivity contribution < 1.29 is 9.57 Å². The smallest absolute Gasteiger partial charge is 0.118 e. The lowest BCUT2D eigenvalue weighted by molar-refractivity contribution is -0.0183. The molecule has 0 bridgehead atoms. The van der Waals surface area contributed by atoms with E-state index in [1.807, 2.05) is 12.1 Å². The van der Waals surface area contributed by atoms with Crippen LogP contribution in [0.3, 0.4) is 0 Å². The SMILES string of the molecule is COc1ccc(P2CCCON2Cl)cc1. The molecule has 82 valence electrons. The number of hydrogen-bond acceptors (Lipinski definition) is 3. The Morgan fingerprint density at radius 3 is 2.73 bits per heavy atom. The van der Waals surface area contributed by atoms with Crippen LogP contribution in [0.1, 0.15) is 6.42 Å². The van der Waals surface area contributed by atoms with Crippen molar-refractivity contribution in [3.8, 4) is 5.75 Å². The number of rotatable bonds is 2. The van der Waals surface area contributed by atoms with Gasteiger partial charge >= 0.3 is 0 Å². The third kappa shape index (κ3) is 2.61. The van der Waals surface area contributed by atoms with Gasteiger partial charge in [-0.3, -0.25) is 4.84 Å². The summed E-state index contributed by atoms with van der Waals surface area (Å²) >= 11 is 6.00. The van der Waals surface area contributed by atoms with Gasteiger partial charge in [-0.1, -0.05) is 4.35 Å². The number of benzene rings is 1. The zero-order valence-corrected chi connectivity index (χ0v) is 10.2. The van der Waals surface area contributed by atoms with Crippen molar-refractivity contribution in [3.05, 3.63) is 24.3 Å². The van der Waals surface area contributed by atoms with Gasteiger partial charge in [-0.25, -0.2) is 0 Å². The fourth-order valence-electron chi connectivity index (χ4n) is 1.48. The van der Waals surface area contributed by atoms with E-state index in [1.54, 1.807) is 7.11 Å². The minimum absolute atomic E-state index is 0.524. The lowest BCUT2D eigenvalue weighted by Gasteiger charge is -2.29. The van der Waals surface area contributed by atoms with Crippen molar-refractivity contribution in [2.75, 3.05) is 19.9 Å². The molecule has 1 aliphatic heterocycles. The Hall–Kier alpha value is -0.340. The van der Waals surface area contributed by atoms with Crippen LogP contribution >= 0.6 is 19.8 Å². The Balaban J connectivity index is 2.13. The largest absolute Gasteiger partial charge is 0.497 e. The maximum atomic E-state index is 6.00. The zero-order chi connectivity index (χ0) is 10.7. The molecule has 0 spiro atoms. The first-order valence-electron chi connectivity index (χ1n) is 4.81. The first-order valence-corrected chi connectivity index (χ1v) is 6.63. The molecule has 0 amide bonds. The summed E-state index contributed by atoms with van der Waals surface area (Å²) in [5.74, 6) is 0.868. The maximum absolute atomic E-state index is 6.00.